The van der Waals surface area contributed by atoms with Gasteiger partial charge in [-0.15, -0.1) is 0 Å². The highest BCUT2D eigenvalue weighted by Crippen LogP contribution is 2.19. The third-order valence-electron chi connectivity index (χ3n) is 2.22. The van der Waals surface area contributed by atoms with Gasteiger partial charge in [0.1, 0.15) is 0 Å². The molecule has 0 saturated heterocycles. The molecule has 1 rings (SSSR count). The first-order valence-electron chi connectivity index (χ1n) is 5.39. The molecule has 1 aromatic carbocycles. The largest absolute Gasteiger partial charge is 0.352 e. The van der Waals surface area contributed by atoms with Gasteiger partial charge < -0.3 is 5.32 Å². The fraction of sp³-hybridized carbons (Fsp3) is 0.364. The van der Waals surface area contributed by atoms with Crippen LogP contribution < -0.4 is 5.32 Å². The summed E-state index contributed by atoms with van der Waals surface area (Å²) >= 11 is 8.05. The number of rotatable bonds is 6. The Morgan fingerprint density at radius 1 is 1.50 bits per heavy atom. The minimum Gasteiger partial charge on any atom is -0.352 e. The zero-order valence-electron chi connectivity index (χ0n) is 9.57. The average molecular weight is 379 g/mol. The molecule has 7 heteroatoms. The molecule has 1 amide bonds. The molecule has 0 atom stereocenters. The van der Waals surface area contributed by atoms with Crippen LogP contribution in [0.1, 0.15) is 23.2 Å². The molecule has 0 saturated carbocycles. The maximum Gasteiger partial charge on any atom is 0.251 e. The van der Waals surface area contributed by atoms with Crippen LogP contribution in [0.3, 0.4) is 0 Å². The third kappa shape index (κ3) is 5.12. The van der Waals surface area contributed by atoms with Crippen LogP contribution in [-0.2, 0) is 0 Å². The van der Waals surface area contributed by atoms with E-state index in [4.69, 9.17) is 17.1 Å². The number of halogens is 2. The zero-order valence-corrected chi connectivity index (χ0v) is 12.5. The average Bonchev–Trinajstić information content (AvgIpc) is 2.36. The van der Waals surface area contributed by atoms with E-state index in [1.165, 1.54) is 0 Å². The second kappa shape index (κ2) is 8.18. The van der Waals surface area contributed by atoms with Gasteiger partial charge in [0.2, 0.25) is 0 Å². The number of nitrogens with one attached hydrogen (secondary N) is 1. The van der Waals surface area contributed by atoms with E-state index in [0.717, 1.165) is 16.4 Å². The van der Waals surface area contributed by atoms with Crippen LogP contribution in [0, 0.1) is 3.57 Å². The van der Waals surface area contributed by atoms with E-state index in [9.17, 15) is 4.79 Å². The van der Waals surface area contributed by atoms with E-state index in [0.29, 0.717) is 23.7 Å². The molecular weight excluding hydrogens is 367 g/mol. The lowest BCUT2D eigenvalue weighted by Crippen LogP contribution is -2.24. The van der Waals surface area contributed by atoms with Crippen LogP contribution in [0.4, 0.5) is 0 Å². The SMILES string of the molecule is [N-]=[N+]=NCCCCNC(=O)c1ccc(I)c(Cl)c1. The van der Waals surface area contributed by atoms with E-state index in [1.807, 2.05) is 0 Å². The lowest BCUT2D eigenvalue weighted by atomic mass is 10.2. The van der Waals surface area contributed by atoms with Crippen molar-refractivity contribution in [2.45, 2.75) is 12.8 Å². The van der Waals surface area contributed by atoms with Gasteiger partial charge in [-0.25, -0.2) is 0 Å². The highest BCUT2D eigenvalue weighted by Gasteiger charge is 2.06. The summed E-state index contributed by atoms with van der Waals surface area (Å²) in [6.45, 7) is 1.02. The first kappa shape index (κ1) is 15.1. The quantitative estimate of drug-likeness (QED) is 0.264. The summed E-state index contributed by atoms with van der Waals surface area (Å²) in [4.78, 5) is 14.4. The summed E-state index contributed by atoms with van der Waals surface area (Å²) in [5.41, 5.74) is 8.63. The molecule has 0 aliphatic heterocycles. The minimum absolute atomic E-state index is 0.142. The van der Waals surface area contributed by atoms with Crippen LogP contribution >= 0.6 is 34.2 Å². The van der Waals surface area contributed by atoms with Gasteiger partial charge in [0.25, 0.3) is 5.91 Å². The van der Waals surface area contributed by atoms with Gasteiger partial charge in [-0.3, -0.25) is 4.79 Å². The molecule has 18 heavy (non-hydrogen) atoms. The van der Waals surface area contributed by atoms with Crippen molar-refractivity contribution in [2.75, 3.05) is 13.1 Å². The Morgan fingerprint density at radius 2 is 2.28 bits per heavy atom. The van der Waals surface area contributed by atoms with Crippen LogP contribution in [-0.4, -0.2) is 19.0 Å². The normalized spacial score (nSPS) is 9.67. The third-order valence-corrected chi connectivity index (χ3v) is 3.79. The van der Waals surface area contributed by atoms with Crippen LogP contribution in [0.25, 0.3) is 10.4 Å². The van der Waals surface area contributed by atoms with Gasteiger partial charge in [-0.2, -0.15) is 0 Å². The molecule has 96 valence electrons. The maximum atomic E-state index is 11.7. The number of unbranched alkanes of at least 4 members (excludes halogenated alkanes) is 1. The molecule has 0 spiro atoms. The Bertz CT molecular complexity index is 474. The van der Waals surface area contributed by atoms with Crippen LogP contribution in [0.15, 0.2) is 23.3 Å². The highest BCUT2D eigenvalue weighted by atomic mass is 127. The number of carbonyl (C=O) groups excluding carboxylic acids is 1. The molecule has 0 radical (unpaired) electrons. The molecule has 5 nitrogen and oxygen atoms in total. The Kier molecular flexibility index (Phi) is 6.85. The summed E-state index contributed by atoms with van der Waals surface area (Å²) < 4.78 is 0.917. The van der Waals surface area contributed by atoms with Crippen molar-refractivity contribution >= 4 is 40.1 Å². The fourth-order valence-electron chi connectivity index (χ4n) is 1.29. The van der Waals surface area contributed by atoms with E-state index < -0.39 is 0 Å². The predicted molar refractivity (Wildman–Crippen MR) is 79.7 cm³/mol. The van der Waals surface area contributed by atoms with Crippen molar-refractivity contribution in [1.29, 1.82) is 0 Å². The number of benzene rings is 1. The summed E-state index contributed by atoms with van der Waals surface area (Å²) in [6.07, 6.45) is 1.54. The molecule has 0 aliphatic rings. The molecule has 0 fully saturated rings. The lowest BCUT2D eigenvalue weighted by molar-refractivity contribution is 0.0953. The first-order chi connectivity index (χ1) is 8.65. The standard InChI is InChI=1S/C11H12ClIN4O/c12-9-7-8(3-4-10(9)13)11(18)15-5-1-2-6-16-17-14/h3-4,7H,1-2,5-6H2,(H,15,18). The Hall–Kier alpha value is -0.980. The number of carbonyl (C=O) groups is 1. The van der Waals surface area contributed by atoms with Crippen molar-refractivity contribution in [3.05, 3.63) is 42.8 Å². The molecule has 0 aliphatic carbocycles. The first-order valence-corrected chi connectivity index (χ1v) is 6.85. The van der Waals surface area contributed by atoms with Gasteiger partial charge in [-0.05, 0) is 59.2 Å². The van der Waals surface area contributed by atoms with E-state index >= 15 is 0 Å². The van der Waals surface area contributed by atoms with Crippen molar-refractivity contribution in [3.63, 3.8) is 0 Å². The second-order valence-corrected chi connectivity index (χ2v) is 5.12. The summed E-state index contributed by atoms with van der Waals surface area (Å²) in [5, 5.41) is 6.78. The van der Waals surface area contributed by atoms with Crippen molar-refractivity contribution in [2.24, 2.45) is 5.11 Å². The van der Waals surface area contributed by atoms with Crippen molar-refractivity contribution < 1.29 is 4.79 Å². The number of amides is 1. The molecule has 0 aromatic heterocycles. The summed E-state index contributed by atoms with van der Waals surface area (Å²) in [6, 6.07) is 5.20. The fourth-order valence-corrected chi connectivity index (χ4v) is 1.81. The number of hydrogen-bond acceptors (Lipinski definition) is 2. The smallest absolute Gasteiger partial charge is 0.251 e. The number of azide groups is 1. The van der Waals surface area contributed by atoms with E-state index in [-0.39, 0.29) is 5.91 Å². The monoisotopic (exact) mass is 378 g/mol. The second-order valence-electron chi connectivity index (χ2n) is 3.55. The maximum absolute atomic E-state index is 11.7. The van der Waals surface area contributed by atoms with Crippen molar-refractivity contribution in [3.8, 4) is 0 Å². The molecule has 0 bridgehead atoms. The Labute approximate surface area is 124 Å². The molecular formula is C11H12ClIN4O. The van der Waals surface area contributed by atoms with Gasteiger partial charge in [-0.1, -0.05) is 16.7 Å². The Balaban J connectivity index is 2.36. The van der Waals surface area contributed by atoms with Crippen molar-refractivity contribution in [1.82, 2.24) is 5.32 Å². The van der Waals surface area contributed by atoms with Gasteiger partial charge >= 0.3 is 0 Å². The van der Waals surface area contributed by atoms with E-state index in [2.05, 4.69) is 37.9 Å². The number of nitrogens with zero attached hydrogens (tertiary/aromatic N) is 3. The summed E-state index contributed by atoms with van der Waals surface area (Å²) in [5.74, 6) is -0.142. The van der Waals surface area contributed by atoms with Crippen LogP contribution in [0.5, 0.6) is 0 Å². The minimum atomic E-state index is -0.142. The molecule has 1 N–H and O–H groups in total. The van der Waals surface area contributed by atoms with Crippen LogP contribution in [0.2, 0.25) is 5.02 Å². The Morgan fingerprint density at radius 3 is 2.94 bits per heavy atom. The molecule has 1 aromatic rings. The highest BCUT2D eigenvalue weighted by molar-refractivity contribution is 14.1. The van der Waals surface area contributed by atoms with Gasteiger partial charge in [0.05, 0.1) is 5.02 Å². The molecule has 0 heterocycles. The lowest BCUT2D eigenvalue weighted by Gasteiger charge is -2.05. The van der Waals surface area contributed by atoms with E-state index in [1.54, 1.807) is 18.2 Å². The topological polar surface area (TPSA) is 77.9 Å². The zero-order chi connectivity index (χ0) is 13.4. The predicted octanol–water partition coefficient (Wildman–Crippen LogP) is 3.76. The van der Waals surface area contributed by atoms with Gasteiger partial charge in [0, 0.05) is 27.1 Å². The van der Waals surface area contributed by atoms with Gasteiger partial charge in [0.15, 0.2) is 0 Å². The number of hydrogen-bond donors (Lipinski definition) is 1. The summed E-state index contributed by atoms with van der Waals surface area (Å²) in [7, 11) is 0. The molecule has 0 unspecified atom stereocenters.